The lowest BCUT2D eigenvalue weighted by molar-refractivity contribution is -0.136. The van der Waals surface area contributed by atoms with Crippen LogP contribution in [-0.2, 0) is 6.18 Å². The SMILES string of the molecule is FCCCNc1c(Cl)cccc1C(F)(F)F. The number of hydrogen-bond donors (Lipinski definition) is 1. The van der Waals surface area contributed by atoms with Gasteiger partial charge in [0.05, 0.1) is 22.9 Å². The molecule has 0 bridgehead atoms. The Labute approximate surface area is 95.4 Å². The highest BCUT2D eigenvalue weighted by Crippen LogP contribution is 2.38. The van der Waals surface area contributed by atoms with Crippen molar-refractivity contribution in [3.8, 4) is 0 Å². The Kier molecular flexibility index (Phi) is 4.41. The molecule has 16 heavy (non-hydrogen) atoms. The van der Waals surface area contributed by atoms with Crippen LogP contribution in [0.25, 0.3) is 0 Å². The number of rotatable bonds is 4. The second kappa shape index (κ2) is 5.39. The topological polar surface area (TPSA) is 12.0 Å². The first kappa shape index (κ1) is 13.1. The van der Waals surface area contributed by atoms with Crippen molar-refractivity contribution in [1.82, 2.24) is 0 Å². The van der Waals surface area contributed by atoms with Crippen molar-refractivity contribution < 1.29 is 17.6 Å². The van der Waals surface area contributed by atoms with Gasteiger partial charge in [-0.2, -0.15) is 13.2 Å². The number of nitrogens with one attached hydrogen (secondary N) is 1. The molecule has 0 aliphatic rings. The summed E-state index contributed by atoms with van der Waals surface area (Å²) in [4.78, 5) is 0. The van der Waals surface area contributed by atoms with E-state index in [9.17, 15) is 17.6 Å². The van der Waals surface area contributed by atoms with Gasteiger partial charge in [-0.25, -0.2) is 0 Å². The molecule has 1 aromatic carbocycles. The molecular formula is C10H10ClF4N. The Morgan fingerprint density at radius 1 is 1.25 bits per heavy atom. The third-order valence-corrected chi connectivity index (χ3v) is 2.25. The predicted molar refractivity (Wildman–Crippen MR) is 55.5 cm³/mol. The van der Waals surface area contributed by atoms with Crippen molar-refractivity contribution in [2.75, 3.05) is 18.5 Å². The molecule has 0 aromatic heterocycles. The molecule has 0 heterocycles. The molecule has 1 N–H and O–H groups in total. The number of alkyl halides is 4. The monoisotopic (exact) mass is 255 g/mol. The van der Waals surface area contributed by atoms with E-state index in [4.69, 9.17) is 11.6 Å². The molecule has 0 atom stereocenters. The van der Waals surface area contributed by atoms with E-state index in [0.717, 1.165) is 6.07 Å². The highest BCUT2D eigenvalue weighted by Gasteiger charge is 2.34. The summed E-state index contributed by atoms with van der Waals surface area (Å²) in [7, 11) is 0. The zero-order chi connectivity index (χ0) is 12.2. The van der Waals surface area contributed by atoms with Gasteiger partial charge < -0.3 is 5.32 Å². The van der Waals surface area contributed by atoms with Crippen LogP contribution in [-0.4, -0.2) is 13.2 Å². The van der Waals surface area contributed by atoms with E-state index >= 15 is 0 Å². The zero-order valence-electron chi connectivity index (χ0n) is 8.24. The summed E-state index contributed by atoms with van der Waals surface area (Å²) in [5.74, 6) is 0. The van der Waals surface area contributed by atoms with Gasteiger partial charge in [0.15, 0.2) is 0 Å². The maximum atomic E-state index is 12.6. The van der Waals surface area contributed by atoms with Gasteiger partial charge in [-0.1, -0.05) is 17.7 Å². The second-order valence-electron chi connectivity index (χ2n) is 3.13. The second-order valence-corrected chi connectivity index (χ2v) is 3.54. The molecule has 0 fully saturated rings. The first-order valence-corrected chi connectivity index (χ1v) is 5.00. The summed E-state index contributed by atoms with van der Waals surface area (Å²) in [6.45, 7) is -0.470. The van der Waals surface area contributed by atoms with Crippen LogP contribution in [0.2, 0.25) is 5.02 Å². The van der Waals surface area contributed by atoms with E-state index in [1.807, 2.05) is 0 Å². The van der Waals surface area contributed by atoms with Gasteiger partial charge in [0.2, 0.25) is 0 Å². The molecule has 0 saturated heterocycles. The molecule has 0 aliphatic carbocycles. The minimum absolute atomic E-state index is 0.0197. The molecular weight excluding hydrogens is 246 g/mol. The van der Waals surface area contributed by atoms with E-state index in [2.05, 4.69) is 5.32 Å². The molecule has 0 saturated carbocycles. The molecule has 0 spiro atoms. The van der Waals surface area contributed by atoms with E-state index in [0.29, 0.717) is 0 Å². The van der Waals surface area contributed by atoms with Gasteiger partial charge in [0.1, 0.15) is 0 Å². The van der Waals surface area contributed by atoms with Crippen molar-refractivity contribution in [3.05, 3.63) is 28.8 Å². The highest BCUT2D eigenvalue weighted by atomic mass is 35.5. The molecule has 1 rings (SSSR count). The number of benzene rings is 1. The Hall–Kier alpha value is -0.970. The summed E-state index contributed by atoms with van der Waals surface area (Å²) in [6, 6.07) is 3.52. The van der Waals surface area contributed by atoms with E-state index in [-0.39, 0.29) is 23.7 Å². The highest BCUT2D eigenvalue weighted by molar-refractivity contribution is 6.33. The van der Waals surface area contributed by atoms with Crippen LogP contribution < -0.4 is 5.32 Å². The summed E-state index contributed by atoms with van der Waals surface area (Å²) in [5.41, 5.74) is -1.02. The van der Waals surface area contributed by atoms with Gasteiger partial charge in [0, 0.05) is 6.54 Å². The molecule has 1 nitrogen and oxygen atoms in total. The normalized spacial score (nSPS) is 11.6. The predicted octanol–water partition coefficient (Wildman–Crippen LogP) is 4.13. The molecule has 0 unspecified atom stereocenters. The maximum Gasteiger partial charge on any atom is 0.418 e. The summed E-state index contributed by atoms with van der Waals surface area (Å²) >= 11 is 5.66. The standard InChI is InChI=1S/C10H10ClF4N/c11-8-4-1-3-7(10(13,14)15)9(8)16-6-2-5-12/h1,3-4,16H,2,5-6H2. The van der Waals surface area contributed by atoms with Crippen LogP contribution in [0.4, 0.5) is 23.2 Å². The lowest BCUT2D eigenvalue weighted by atomic mass is 10.1. The van der Waals surface area contributed by atoms with Crippen molar-refractivity contribution in [2.24, 2.45) is 0 Å². The molecule has 0 aliphatic heterocycles. The van der Waals surface area contributed by atoms with E-state index in [1.165, 1.54) is 12.1 Å². The smallest absolute Gasteiger partial charge is 0.383 e. The van der Waals surface area contributed by atoms with Crippen LogP contribution in [0.1, 0.15) is 12.0 Å². The van der Waals surface area contributed by atoms with Crippen LogP contribution in [0.3, 0.4) is 0 Å². The van der Waals surface area contributed by atoms with Crippen molar-refractivity contribution in [2.45, 2.75) is 12.6 Å². The molecule has 0 radical (unpaired) electrons. The summed E-state index contributed by atoms with van der Waals surface area (Å²) in [6.07, 6.45) is -4.33. The van der Waals surface area contributed by atoms with Gasteiger partial charge in [-0.3, -0.25) is 4.39 Å². The average Bonchev–Trinajstić information content (AvgIpc) is 2.19. The maximum absolute atomic E-state index is 12.6. The molecule has 90 valence electrons. The third kappa shape index (κ3) is 3.27. The van der Waals surface area contributed by atoms with E-state index < -0.39 is 18.4 Å². The van der Waals surface area contributed by atoms with Gasteiger partial charge in [-0.15, -0.1) is 0 Å². The average molecular weight is 256 g/mol. The Bertz CT molecular complexity index is 351. The fraction of sp³-hybridized carbons (Fsp3) is 0.400. The number of para-hydroxylation sites is 1. The zero-order valence-corrected chi connectivity index (χ0v) is 9.00. The Morgan fingerprint density at radius 3 is 2.50 bits per heavy atom. The van der Waals surface area contributed by atoms with Crippen LogP contribution in [0.5, 0.6) is 0 Å². The Morgan fingerprint density at radius 2 is 1.94 bits per heavy atom. The number of hydrogen-bond acceptors (Lipinski definition) is 1. The molecule has 6 heteroatoms. The van der Waals surface area contributed by atoms with E-state index in [1.54, 1.807) is 0 Å². The minimum atomic E-state index is -4.47. The summed E-state index contributed by atoms with van der Waals surface area (Å²) < 4.78 is 49.5. The largest absolute Gasteiger partial charge is 0.418 e. The van der Waals surface area contributed by atoms with Crippen molar-refractivity contribution >= 4 is 17.3 Å². The lowest BCUT2D eigenvalue weighted by Crippen LogP contribution is -2.12. The fourth-order valence-corrected chi connectivity index (χ4v) is 1.46. The van der Waals surface area contributed by atoms with Crippen LogP contribution in [0, 0.1) is 0 Å². The first-order valence-electron chi connectivity index (χ1n) is 4.62. The van der Waals surface area contributed by atoms with Gasteiger partial charge in [0.25, 0.3) is 0 Å². The fourth-order valence-electron chi connectivity index (χ4n) is 1.22. The number of halogens is 5. The Balaban J connectivity index is 2.95. The molecule has 1 aromatic rings. The molecule has 0 amide bonds. The summed E-state index contributed by atoms with van der Waals surface area (Å²) in [5, 5.41) is 2.48. The van der Waals surface area contributed by atoms with Crippen LogP contribution in [0.15, 0.2) is 18.2 Å². The number of anilines is 1. The third-order valence-electron chi connectivity index (χ3n) is 1.93. The van der Waals surface area contributed by atoms with Gasteiger partial charge in [-0.05, 0) is 18.6 Å². The lowest BCUT2D eigenvalue weighted by Gasteiger charge is -2.15. The van der Waals surface area contributed by atoms with Gasteiger partial charge >= 0.3 is 6.18 Å². The quantitative estimate of drug-likeness (QED) is 0.630. The van der Waals surface area contributed by atoms with Crippen molar-refractivity contribution in [1.29, 1.82) is 0 Å². The van der Waals surface area contributed by atoms with Crippen LogP contribution >= 0.6 is 11.6 Å². The first-order chi connectivity index (χ1) is 7.46. The minimum Gasteiger partial charge on any atom is -0.383 e. The van der Waals surface area contributed by atoms with Crippen molar-refractivity contribution in [3.63, 3.8) is 0 Å².